The van der Waals surface area contributed by atoms with Gasteiger partial charge in [0.1, 0.15) is 0 Å². The molecular weight excluding hydrogens is 265 g/mol. The predicted octanol–water partition coefficient (Wildman–Crippen LogP) is 0.452. The number of hydrogen-bond acceptors (Lipinski definition) is 1. The van der Waals surface area contributed by atoms with Crippen molar-refractivity contribution in [1.29, 1.82) is 0 Å². The Kier molecular flexibility index (Phi) is 1.30. The summed E-state index contributed by atoms with van der Waals surface area (Å²) in [5.41, 5.74) is 0. The molecular formula is C4H3HgO+. The van der Waals surface area contributed by atoms with E-state index in [9.17, 15) is 0 Å². The quantitative estimate of drug-likeness (QED) is 0.622. The van der Waals surface area contributed by atoms with E-state index in [4.69, 9.17) is 4.42 Å². The van der Waals surface area contributed by atoms with E-state index in [2.05, 4.69) is 0 Å². The van der Waals surface area contributed by atoms with Crippen LogP contribution in [0.4, 0.5) is 0 Å². The summed E-state index contributed by atoms with van der Waals surface area (Å²) in [6.07, 6.45) is 1.71. The Hall–Kier alpha value is 0.215. The van der Waals surface area contributed by atoms with Gasteiger partial charge in [-0.15, -0.1) is 0 Å². The van der Waals surface area contributed by atoms with Gasteiger partial charge in [-0.05, 0) is 0 Å². The molecule has 0 N–H and O–H groups in total. The average Bonchev–Trinajstić information content (AvgIpc) is 1.86. The third-order valence-corrected chi connectivity index (χ3v) is 2.14. The first-order chi connectivity index (χ1) is 2.89. The van der Waals surface area contributed by atoms with Gasteiger partial charge in [0.2, 0.25) is 0 Å². The van der Waals surface area contributed by atoms with Crippen LogP contribution in [0, 0.1) is 0 Å². The Morgan fingerprint density at radius 1 is 1.67 bits per heavy atom. The number of hydrogen-bond donors (Lipinski definition) is 0. The molecule has 0 radical (unpaired) electrons. The zero-order chi connectivity index (χ0) is 4.41. The molecule has 1 nitrogen and oxygen atoms in total. The third-order valence-electron chi connectivity index (χ3n) is 0.580. The van der Waals surface area contributed by atoms with Gasteiger partial charge < -0.3 is 0 Å². The topological polar surface area (TPSA) is 13.1 Å². The summed E-state index contributed by atoms with van der Waals surface area (Å²) in [6, 6.07) is 3.92. The zero-order valence-electron chi connectivity index (χ0n) is 3.35. The van der Waals surface area contributed by atoms with Gasteiger partial charge in [-0.1, -0.05) is 0 Å². The molecule has 1 rings (SSSR count). The van der Waals surface area contributed by atoms with Gasteiger partial charge in [-0.2, -0.15) is 0 Å². The van der Waals surface area contributed by atoms with E-state index in [0.717, 1.165) is 3.27 Å². The Morgan fingerprint density at radius 2 is 2.50 bits per heavy atom. The summed E-state index contributed by atoms with van der Waals surface area (Å²) in [5, 5.41) is 0. The maximum absolute atomic E-state index is 4.92. The van der Waals surface area contributed by atoms with Crippen molar-refractivity contribution in [3.63, 3.8) is 0 Å². The molecule has 0 atom stereocenters. The number of rotatable bonds is 0. The van der Waals surface area contributed by atoms with Gasteiger partial charge >= 0.3 is 52.2 Å². The summed E-state index contributed by atoms with van der Waals surface area (Å²) in [6.45, 7) is 0. The van der Waals surface area contributed by atoms with E-state index >= 15 is 0 Å². The van der Waals surface area contributed by atoms with Crippen LogP contribution in [0.2, 0.25) is 0 Å². The molecule has 6 heavy (non-hydrogen) atoms. The molecule has 1 aromatic rings. The van der Waals surface area contributed by atoms with Gasteiger partial charge in [0.25, 0.3) is 0 Å². The van der Waals surface area contributed by atoms with Crippen molar-refractivity contribution in [2.45, 2.75) is 0 Å². The van der Waals surface area contributed by atoms with E-state index in [1.165, 1.54) is 0 Å². The fourth-order valence-electron chi connectivity index (χ4n) is 0.313. The second-order valence-corrected chi connectivity index (χ2v) is 3.79. The molecule has 0 aromatic carbocycles. The van der Waals surface area contributed by atoms with Gasteiger partial charge in [0.05, 0.1) is 0 Å². The maximum atomic E-state index is 4.92. The first kappa shape index (κ1) is 4.38. The fraction of sp³-hybridized carbons (Fsp3) is 0. The van der Waals surface area contributed by atoms with Crippen LogP contribution < -0.4 is 3.27 Å². The molecule has 0 amide bonds. The molecule has 0 aliphatic rings. The Bertz CT molecular complexity index is 111. The average molecular weight is 268 g/mol. The standard InChI is InChI=1S/C4H3O.Hg/c1-2-4-5-3-1;/h1-3H;/q;+1. The molecule has 0 fully saturated rings. The van der Waals surface area contributed by atoms with Crippen molar-refractivity contribution in [3.8, 4) is 0 Å². The molecule has 0 unspecified atom stereocenters. The second-order valence-electron chi connectivity index (χ2n) is 1.08. The molecule has 26 valence electrons. The van der Waals surface area contributed by atoms with Crippen molar-refractivity contribution in [2.75, 3.05) is 0 Å². The van der Waals surface area contributed by atoms with Crippen molar-refractivity contribution in [3.05, 3.63) is 18.4 Å². The van der Waals surface area contributed by atoms with Crippen molar-refractivity contribution in [2.24, 2.45) is 0 Å². The van der Waals surface area contributed by atoms with Crippen molar-refractivity contribution in [1.82, 2.24) is 0 Å². The monoisotopic (exact) mass is 269 g/mol. The number of furan rings is 1. The Morgan fingerprint density at radius 3 is 2.67 bits per heavy atom. The van der Waals surface area contributed by atoms with Gasteiger partial charge in [0.15, 0.2) is 0 Å². The Balaban J connectivity index is 3.05. The van der Waals surface area contributed by atoms with Crippen LogP contribution in [0.25, 0.3) is 0 Å². The van der Waals surface area contributed by atoms with Crippen LogP contribution in [0.15, 0.2) is 22.8 Å². The van der Waals surface area contributed by atoms with Crippen molar-refractivity contribution < 1.29 is 30.5 Å². The summed E-state index contributed by atoms with van der Waals surface area (Å²) >= 11 is 0.674. The molecule has 2 heteroatoms. The molecule has 0 saturated carbocycles. The van der Waals surface area contributed by atoms with Gasteiger partial charge in [-0.25, -0.2) is 0 Å². The van der Waals surface area contributed by atoms with Crippen LogP contribution >= 0.6 is 0 Å². The fourth-order valence-corrected chi connectivity index (χ4v) is 1.22. The van der Waals surface area contributed by atoms with Gasteiger partial charge in [0, 0.05) is 0 Å². The van der Waals surface area contributed by atoms with E-state index in [-0.39, 0.29) is 0 Å². The van der Waals surface area contributed by atoms with E-state index < -0.39 is 0 Å². The first-order valence-corrected chi connectivity index (χ1v) is 4.50. The second kappa shape index (κ2) is 1.78. The minimum absolute atomic E-state index is 0.674. The molecule has 0 aliphatic heterocycles. The summed E-state index contributed by atoms with van der Waals surface area (Å²) in [7, 11) is 0. The molecule has 0 bridgehead atoms. The summed E-state index contributed by atoms with van der Waals surface area (Å²) in [4.78, 5) is 0. The summed E-state index contributed by atoms with van der Waals surface area (Å²) < 4.78 is 6.08. The normalized spacial score (nSPS) is 9.00. The van der Waals surface area contributed by atoms with Gasteiger partial charge in [-0.3, -0.25) is 0 Å². The van der Waals surface area contributed by atoms with E-state index in [1.807, 2.05) is 12.1 Å². The molecule has 1 aromatic heterocycles. The van der Waals surface area contributed by atoms with E-state index in [0.29, 0.717) is 26.1 Å². The third kappa shape index (κ3) is 0.837. The molecule has 0 aliphatic carbocycles. The Labute approximate surface area is 52.3 Å². The minimum atomic E-state index is 0.674. The molecule has 0 saturated heterocycles. The van der Waals surface area contributed by atoms with Crippen LogP contribution in [0.5, 0.6) is 0 Å². The van der Waals surface area contributed by atoms with Crippen LogP contribution in [0.3, 0.4) is 0 Å². The first-order valence-electron chi connectivity index (χ1n) is 1.75. The van der Waals surface area contributed by atoms with Crippen LogP contribution in [-0.4, -0.2) is 0 Å². The predicted molar refractivity (Wildman–Crippen MR) is 18.3 cm³/mol. The van der Waals surface area contributed by atoms with Crippen LogP contribution in [0.1, 0.15) is 0 Å². The van der Waals surface area contributed by atoms with Crippen molar-refractivity contribution >= 4 is 3.27 Å². The van der Waals surface area contributed by atoms with Crippen LogP contribution in [-0.2, 0) is 26.1 Å². The molecule has 0 spiro atoms. The molecule has 1 heterocycles. The SMILES string of the molecule is [Hg+][c]1ccco1. The van der Waals surface area contributed by atoms with E-state index in [1.54, 1.807) is 6.26 Å². The zero-order valence-corrected chi connectivity index (χ0v) is 8.85. The summed E-state index contributed by atoms with van der Waals surface area (Å²) in [5.74, 6) is 0.